The lowest BCUT2D eigenvalue weighted by Crippen LogP contribution is -2.14. The third-order valence-corrected chi connectivity index (χ3v) is 21.2. The fourth-order valence-electron chi connectivity index (χ4n) is 14.2. The van der Waals surface area contributed by atoms with E-state index >= 15 is 4.79 Å². The maximum absolute atomic E-state index is 15.2. The van der Waals surface area contributed by atoms with Gasteiger partial charge in [-0.1, -0.05) is 400 Å². The number of unbranched alkanes of at least 4 members (excludes halogenated alkanes) is 49. The van der Waals surface area contributed by atoms with Crippen LogP contribution in [0.4, 0.5) is 5.69 Å². The average molecular weight is 1500 g/mol. The predicted octanol–water partition coefficient (Wildman–Crippen LogP) is 31.9. The maximum Gasteiger partial charge on any atom is 0.255 e. The predicted molar refractivity (Wildman–Crippen MR) is 468 cm³/mol. The summed E-state index contributed by atoms with van der Waals surface area (Å²) in [4.78, 5) is 15.2. The number of hydrogen-bond donors (Lipinski definition) is 1. The normalized spacial score (nSPS) is 11.5. The highest BCUT2D eigenvalue weighted by Crippen LogP contribution is 2.41. The molecule has 1 amide bonds. The Balaban J connectivity index is 1.76. The summed E-state index contributed by atoms with van der Waals surface area (Å²) in [6.45, 7) is 20.3. The first kappa shape index (κ1) is 94.8. The van der Waals surface area contributed by atoms with Crippen LogP contribution in [0.5, 0.6) is 40.2 Å². The van der Waals surface area contributed by atoms with E-state index in [1.165, 1.54) is 295 Å². The van der Waals surface area contributed by atoms with Gasteiger partial charge in [-0.3, -0.25) is 4.79 Å². The topological polar surface area (TPSA) is 93.7 Å². The molecule has 0 unspecified atom stereocenters. The zero-order valence-electron chi connectivity index (χ0n) is 71.0. The Morgan fingerprint density at radius 3 is 0.722 bits per heavy atom. The Morgan fingerprint density at radius 1 is 0.231 bits per heavy atom. The summed E-state index contributed by atoms with van der Waals surface area (Å²) in [6, 6.07) is 22.9. The van der Waals surface area contributed by atoms with Gasteiger partial charge in [0.1, 0.15) is 0 Å². The number of amides is 1. The van der Waals surface area contributed by atoms with Crippen molar-refractivity contribution in [3.63, 3.8) is 0 Å². The second kappa shape index (κ2) is 68.3. The molecular formula is C99H163NO8. The van der Waals surface area contributed by atoms with Crippen molar-refractivity contribution in [3.8, 4) is 40.2 Å². The third kappa shape index (κ3) is 48.3. The van der Waals surface area contributed by atoms with Crippen LogP contribution < -0.4 is 38.5 Å². The molecule has 9 heteroatoms. The van der Waals surface area contributed by atoms with Crippen molar-refractivity contribution in [3.05, 3.63) is 94.5 Å². The molecule has 0 aromatic heterocycles. The van der Waals surface area contributed by atoms with Gasteiger partial charge in [-0.15, -0.1) is 0 Å². The van der Waals surface area contributed by atoms with E-state index in [0.717, 1.165) is 109 Å². The molecule has 0 radical (unpaired) electrons. The minimum absolute atomic E-state index is 0.240. The standard InChI is InChI=1S/C99H163NO8/c1-8-15-22-29-36-43-50-57-72-102-92-70-68-86(82-94(92)104-74-59-52-45-38-31-24-17-10-3)64-66-88-79-89(67-65-87-69-71-93(103-73-58-51-44-37-30-23-16-9-2)95(83-87)105-75-60-53-46-39-32-25-18-11-4)81-91(80-88)100-99(101)90-84-96(106-76-61-54-47-40-33-26-19-12-5)98(108-78-63-56-49-42-35-28-21-14-7)97(85-90)107-77-62-55-48-41-34-27-20-13-6/h64-71,79-85H,8-63,72-78H2,1-7H3,(H,100,101)/b66-64+,67-65+. The van der Waals surface area contributed by atoms with Crippen LogP contribution in [0.25, 0.3) is 24.3 Å². The Morgan fingerprint density at radius 2 is 0.454 bits per heavy atom. The molecule has 0 heterocycles. The van der Waals surface area contributed by atoms with Gasteiger partial charge in [-0.2, -0.15) is 0 Å². The van der Waals surface area contributed by atoms with Crippen molar-refractivity contribution in [1.29, 1.82) is 0 Å². The highest BCUT2D eigenvalue weighted by Gasteiger charge is 2.21. The number of anilines is 1. The smallest absolute Gasteiger partial charge is 0.255 e. The summed E-state index contributed by atoms with van der Waals surface area (Å²) in [5.41, 5.74) is 5.06. The first-order chi connectivity index (χ1) is 53.3. The molecule has 1 N–H and O–H groups in total. The first-order valence-electron chi connectivity index (χ1n) is 46.0. The van der Waals surface area contributed by atoms with E-state index in [4.69, 9.17) is 33.2 Å². The van der Waals surface area contributed by atoms with Crippen LogP contribution in [0.3, 0.4) is 0 Å². The molecular weight excluding hydrogens is 1330 g/mol. The highest BCUT2D eigenvalue weighted by atomic mass is 16.5. The summed E-state index contributed by atoms with van der Waals surface area (Å²) in [6.07, 6.45) is 77.7. The second-order valence-electron chi connectivity index (χ2n) is 31.5. The monoisotopic (exact) mass is 1490 g/mol. The summed E-state index contributed by atoms with van der Waals surface area (Å²) >= 11 is 0. The molecule has 0 fully saturated rings. The van der Waals surface area contributed by atoms with Crippen LogP contribution in [0.2, 0.25) is 0 Å². The lowest BCUT2D eigenvalue weighted by atomic mass is 10.0. The summed E-state index contributed by atoms with van der Waals surface area (Å²) < 4.78 is 46.6. The van der Waals surface area contributed by atoms with Gasteiger partial charge in [0.2, 0.25) is 5.75 Å². The molecule has 0 saturated heterocycles. The van der Waals surface area contributed by atoms with Gasteiger partial charge in [-0.05, 0) is 122 Å². The lowest BCUT2D eigenvalue weighted by Gasteiger charge is -2.19. The average Bonchev–Trinajstić information content (AvgIpc) is 0.809. The number of rotatable bonds is 76. The van der Waals surface area contributed by atoms with E-state index in [2.05, 4.69) is 133 Å². The van der Waals surface area contributed by atoms with Gasteiger partial charge in [0, 0.05) is 11.3 Å². The van der Waals surface area contributed by atoms with Crippen LogP contribution in [0.15, 0.2) is 66.7 Å². The van der Waals surface area contributed by atoms with Crippen LogP contribution >= 0.6 is 0 Å². The third-order valence-electron chi connectivity index (χ3n) is 21.2. The van der Waals surface area contributed by atoms with Crippen LogP contribution in [-0.2, 0) is 0 Å². The molecule has 4 aromatic carbocycles. The Kier molecular flexibility index (Phi) is 59.9. The fourth-order valence-corrected chi connectivity index (χ4v) is 14.2. The van der Waals surface area contributed by atoms with Crippen molar-refractivity contribution < 1.29 is 38.0 Å². The summed E-state index contributed by atoms with van der Waals surface area (Å²) in [5, 5.41) is 3.39. The van der Waals surface area contributed by atoms with Gasteiger partial charge in [0.15, 0.2) is 34.5 Å². The molecule has 612 valence electrons. The Hall–Kier alpha value is -5.57. The van der Waals surface area contributed by atoms with Crippen LogP contribution in [-0.4, -0.2) is 52.2 Å². The Labute approximate surface area is 664 Å². The number of benzene rings is 4. The van der Waals surface area contributed by atoms with E-state index in [1.807, 2.05) is 12.1 Å². The fraction of sp³-hybridized carbons (Fsp3) is 0.707. The van der Waals surface area contributed by atoms with E-state index in [1.54, 1.807) is 0 Å². The van der Waals surface area contributed by atoms with E-state index in [9.17, 15) is 0 Å². The number of nitrogens with one attached hydrogen (secondary N) is 1. The number of ether oxygens (including phenoxy) is 7. The minimum atomic E-state index is -0.240. The molecule has 0 atom stereocenters. The molecule has 9 nitrogen and oxygen atoms in total. The largest absolute Gasteiger partial charge is 0.490 e. The molecule has 4 rings (SSSR count). The van der Waals surface area contributed by atoms with E-state index in [0.29, 0.717) is 74.7 Å². The highest BCUT2D eigenvalue weighted by molar-refractivity contribution is 6.05. The Bertz CT molecular complexity index is 2660. The van der Waals surface area contributed by atoms with E-state index < -0.39 is 0 Å². The molecule has 0 bridgehead atoms. The van der Waals surface area contributed by atoms with E-state index in [-0.39, 0.29) is 5.91 Å². The summed E-state index contributed by atoms with van der Waals surface area (Å²) in [7, 11) is 0. The SMILES string of the molecule is CCCCCCCCCCOc1ccc(/C=C/c2cc(/C=C/c3ccc(OCCCCCCCCCC)c(OCCCCCCCCCC)c3)cc(NC(=O)c3cc(OCCCCCCCCCC)c(OCCCCCCCCCC)c(OCCCCCCCCCC)c3)c2)cc1OCCCCCCCCCC. The molecule has 4 aromatic rings. The zero-order chi connectivity index (χ0) is 76.9. The summed E-state index contributed by atoms with van der Waals surface area (Å²) in [5.74, 6) is 4.73. The van der Waals surface area contributed by atoms with Crippen molar-refractivity contribution in [1.82, 2.24) is 0 Å². The van der Waals surface area contributed by atoms with Crippen molar-refractivity contribution in [2.75, 3.05) is 51.6 Å². The first-order valence-corrected chi connectivity index (χ1v) is 46.0. The minimum Gasteiger partial charge on any atom is -0.490 e. The van der Waals surface area contributed by atoms with Gasteiger partial charge in [0.25, 0.3) is 5.91 Å². The molecule has 0 aliphatic rings. The lowest BCUT2D eigenvalue weighted by molar-refractivity contribution is 0.102. The molecule has 0 aliphatic heterocycles. The molecule has 0 spiro atoms. The van der Waals surface area contributed by atoms with Crippen LogP contribution in [0.1, 0.15) is 441 Å². The molecule has 108 heavy (non-hydrogen) atoms. The maximum atomic E-state index is 15.2. The molecule has 0 aliphatic carbocycles. The number of hydrogen-bond acceptors (Lipinski definition) is 8. The van der Waals surface area contributed by atoms with Crippen molar-refractivity contribution in [2.24, 2.45) is 0 Å². The zero-order valence-corrected chi connectivity index (χ0v) is 71.0. The number of carbonyl (C=O) groups is 1. The second-order valence-corrected chi connectivity index (χ2v) is 31.5. The number of carbonyl (C=O) groups excluding carboxylic acids is 1. The van der Waals surface area contributed by atoms with Gasteiger partial charge in [-0.25, -0.2) is 0 Å². The van der Waals surface area contributed by atoms with Crippen LogP contribution in [0, 0.1) is 0 Å². The van der Waals surface area contributed by atoms with Gasteiger partial charge >= 0.3 is 0 Å². The van der Waals surface area contributed by atoms with Crippen molar-refractivity contribution >= 4 is 35.9 Å². The van der Waals surface area contributed by atoms with Crippen molar-refractivity contribution in [2.45, 2.75) is 408 Å². The van der Waals surface area contributed by atoms with Gasteiger partial charge < -0.3 is 38.5 Å². The quantitative estimate of drug-likeness (QED) is 0.0345. The van der Waals surface area contributed by atoms with Gasteiger partial charge in [0.05, 0.1) is 46.2 Å². The molecule has 0 saturated carbocycles.